The van der Waals surface area contributed by atoms with Gasteiger partial charge in [0.1, 0.15) is 17.5 Å². The minimum atomic E-state index is -0.390. The number of hydrogen-bond donors (Lipinski definition) is 1. The zero-order chi connectivity index (χ0) is 16.4. The number of carbonyl (C=O) groups excluding carboxylic acids is 2. The summed E-state index contributed by atoms with van der Waals surface area (Å²) in [4.78, 5) is 26.9. The lowest BCUT2D eigenvalue weighted by molar-refractivity contribution is -0.125. The molecule has 1 aromatic rings. The first-order valence-corrected chi connectivity index (χ1v) is 7.97. The quantitative estimate of drug-likeness (QED) is 0.895. The monoisotopic (exact) mass is 318 g/mol. The van der Waals surface area contributed by atoms with Gasteiger partial charge in [-0.2, -0.15) is 0 Å². The minimum absolute atomic E-state index is 0.0415. The molecule has 1 N–H and O–H groups in total. The molecule has 2 amide bonds. The van der Waals surface area contributed by atoms with Crippen molar-refractivity contribution in [3.05, 3.63) is 23.8 Å². The number of ether oxygens (including phenoxy) is 2. The Balaban J connectivity index is 1.81. The van der Waals surface area contributed by atoms with Crippen molar-refractivity contribution in [3.8, 4) is 11.5 Å². The van der Waals surface area contributed by atoms with Crippen molar-refractivity contribution >= 4 is 11.8 Å². The van der Waals surface area contributed by atoms with Crippen LogP contribution in [-0.2, 0) is 4.79 Å². The highest BCUT2D eigenvalue weighted by Gasteiger charge is 2.37. The number of nitrogens with zero attached hydrogens (tertiary/aromatic N) is 1. The predicted molar refractivity (Wildman–Crippen MR) is 84.8 cm³/mol. The van der Waals surface area contributed by atoms with Gasteiger partial charge in [0.2, 0.25) is 5.91 Å². The molecule has 1 aromatic carbocycles. The SMILES string of the molecule is COc1ccc(OC)c(C(=O)N2CCCC2C(=O)NC2CC2)c1. The fourth-order valence-electron chi connectivity index (χ4n) is 2.94. The van der Waals surface area contributed by atoms with E-state index in [0.29, 0.717) is 36.1 Å². The van der Waals surface area contributed by atoms with Gasteiger partial charge >= 0.3 is 0 Å². The Hall–Kier alpha value is -2.24. The van der Waals surface area contributed by atoms with Crippen LogP contribution in [0, 0.1) is 0 Å². The van der Waals surface area contributed by atoms with Gasteiger partial charge in [-0.3, -0.25) is 9.59 Å². The molecule has 1 aliphatic carbocycles. The molecule has 0 aromatic heterocycles. The van der Waals surface area contributed by atoms with Gasteiger partial charge < -0.3 is 19.7 Å². The Morgan fingerprint density at radius 3 is 2.61 bits per heavy atom. The Labute approximate surface area is 135 Å². The second-order valence-electron chi connectivity index (χ2n) is 6.01. The van der Waals surface area contributed by atoms with Gasteiger partial charge in [-0.05, 0) is 43.9 Å². The summed E-state index contributed by atoms with van der Waals surface area (Å²) in [6.07, 6.45) is 3.61. The normalized spacial score (nSPS) is 20.3. The molecule has 124 valence electrons. The second-order valence-corrected chi connectivity index (χ2v) is 6.01. The lowest BCUT2D eigenvalue weighted by Gasteiger charge is -2.25. The van der Waals surface area contributed by atoms with Crippen LogP contribution in [0.3, 0.4) is 0 Å². The van der Waals surface area contributed by atoms with Crippen LogP contribution >= 0.6 is 0 Å². The van der Waals surface area contributed by atoms with Crippen molar-refractivity contribution in [1.29, 1.82) is 0 Å². The predicted octanol–water partition coefficient (Wildman–Crippen LogP) is 1.59. The van der Waals surface area contributed by atoms with Crippen molar-refractivity contribution in [1.82, 2.24) is 10.2 Å². The molecule has 1 saturated carbocycles. The summed E-state index contributed by atoms with van der Waals surface area (Å²) in [5.74, 6) is 0.853. The maximum absolute atomic E-state index is 12.9. The highest BCUT2D eigenvalue weighted by atomic mass is 16.5. The van der Waals surface area contributed by atoms with Crippen LogP contribution in [0.25, 0.3) is 0 Å². The van der Waals surface area contributed by atoms with E-state index in [-0.39, 0.29) is 17.9 Å². The zero-order valence-electron chi connectivity index (χ0n) is 13.5. The van der Waals surface area contributed by atoms with E-state index < -0.39 is 0 Å². The second kappa shape index (κ2) is 6.48. The Morgan fingerprint density at radius 1 is 1.17 bits per heavy atom. The van der Waals surface area contributed by atoms with E-state index in [1.807, 2.05) is 0 Å². The molecule has 1 atom stereocenters. The van der Waals surface area contributed by atoms with Crippen molar-refractivity contribution in [2.75, 3.05) is 20.8 Å². The molecule has 6 heteroatoms. The molecule has 1 aliphatic heterocycles. The van der Waals surface area contributed by atoms with E-state index in [2.05, 4.69) is 5.32 Å². The van der Waals surface area contributed by atoms with Crippen molar-refractivity contribution in [2.24, 2.45) is 0 Å². The smallest absolute Gasteiger partial charge is 0.258 e. The first kappa shape index (κ1) is 15.6. The molecule has 2 fully saturated rings. The summed E-state index contributed by atoms with van der Waals surface area (Å²) in [5, 5.41) is 2.99. The number of nitrogens with one attached hydrogen (secondary N) is 1. The average molecular weight is 318 g/mol. The van der Waals surface area contributed by atoms with Crippen LogP contribution in [0.1, 0.15) is 36.0 Å². The van der Waals surface area contributed by atoms with Gasteiger partial charge in [0.15, 0.2) is 0 Å². The first-order valence-electron chi connectivity index (χ1n) is 7.97. The minimum Gasteiger partial charge on any atom is -0.497 e. The molecule has 23 heavy (non-hydrogen) atoms. The van der Waals surface area contributed by atoms with Crippen LogP contribution in [0.2, 0.25) is 0 Å². The maximum Gasteiger partial charge on any atom is 0.258 e. The lowest BCUT2D eigenvalue weighted by atomic mass is 10.1. The summed E-state index contributed by atoms with van der Waals surface area (Å²) >= 11 is 0. The van der Waals surface area contributed by atoms with Crippen molar-refractivity contribution in [2.45, 2.75) is 37.8 Å². The zero-order valence-corrected chi connectivity index (χ0v) is 13.5. The highest BCUT2D eigenvalue weighted by Crippen LogP contribution is 2.29. The van der Waals surface area contributed by atoms with Crippen LogP contribution in [0.4, 0.5) is 0 Å². The number of methoxy groups -OCH3 is 2. The average Bonchev–Trinajstić information content (AvgIpc) is 3.25. The van der Waals surface area contributed by atoms with Gasteiger partial charge in [0.05, 0.1) is 19.8 Å². The van der Waals surface area contributed by atoms with Crippen LogP contribution in [-0.4, -0.2) is 49.6 Å². The Bertz CT molecular complexity index is 613. The van der Waals surface area contributed by atoms with E-state index in [0.717, 1.165) is 19.3 Å². The molecule has 0 spiro atoms. The lowest BCUT2D eigenvalue weighted by Crippen LogP contribution is -2.46. The summed E-state index contributed by atoms with van der Waals surface area (Å²) in [7, 11) is 3.08. The number of benzene rings is 1. The van der Waals surface area contributed by atoms with E-state index in [1.54, 1.807) is 30.2 Å². The number of likely N-dealkylation sites (tertiary alicyclic amines) is 1. The Morgan fingerprint density at radius 2 is 1.96 bits per heavy atom. The fourth-order valence-corrected chi connectivity index (χ4v) is 2.94. The number of amides is 2. The molecule has 0 bridgehead atoms. The third-order valence-electron chi connectivity index (χ3n) is 4.38. The van der Waals surface area contributed by atoms with Crippen molar-refractivity contribution < 1.29 is 19.1 Å². The molecule has 3 rings (SSSR count). The van der Waals surface area contributed by atoms with Crippen molar-refractivity contribution in [3.63, 3.8) is 0 Å². The molecule has 6 nitrogen and oxygen atoms in total. The van der Waals surface area contributed by atoms with Gasteiger partial charge in [0, 0.05) is 12.6 Å². The number of rotatable bonds is 5. The third kappa shape index (κ3) is 3.25. The molecule has 2 aliphatic rings. The summed E-state index contributed by atoms with van der Waals surface area (Å²) in [6.45, 7) is 0.585. The molecule has 0 radical (unpaired) electrons. The summed E-state index contributed by atoms with van der Waals surface area (Å²) in [5.41, 5.74) is 0.429. The molecular formula is C17H22N2O4. The van der Waals surface area contributed by atoms with Crippen LogP contribution in [0.5, 0.6) is 11.5 Å². The van der Waals surface area contributed by atoms with E-state index >= 15 is 0 Å². The van der Waals surface area contributed by atoms with Gasteiger partial charge in [-0.25, -0.2) is 0 Å². The molecular weight excluding hydrogens is 296 g/mol. The summed E-state index contributed by atoms with van der Waals surface area (Å²) < 4.78 is 10.5. The molecule has 1 unspecified atom stereocenters. The van der Waals surface area contributed by atoms with Gasteiger partial charge in [0.25, 0.3) is 5.91 Å². The van der Waals surface area contributed by atoms with Crippen LogP contribution in [0.15, 0.2) is 18.2 Å². The fraction of sp³-hybridized carbons (Fsp3) is 0.529. The van der Waals surface area contributed by atoms with Crippen LogP contribution < -0.4 is 14.8 Å². The molecule has 1 saturated heterocycles. The summed E-state index contributed by atoms with van der Waals surface area (Å²) in [6, 6.07) is 5.03. The topological polar surface area (TPSA) is 67.9 Å². The number of hydrogen-bond acceptors (Lipinski definition) is 4. The van der Waals surface area contributed by atoms with E-state index in [1.165, 1.54) is 7.11 Å². The Kier molecular flexibility index (Phi) is 4.41. The number of carbonyl (C=O) groups is 2. The molecule has 1 heterocycles. The van der Waals surface area contributed by atoms with E-state index in [9.17, 15) is 9.59 Å². The highest BCUT2D eigenvalue weighted by molar-refractivity contribution is 6.00. The standard InChI is InChI=1S/C17H22N2O4/c1-22-12-7-8-15(23-2)13(10-12)17(21)19-9-3-4-14(19)16(20)18-11-5-6-11/h7-8,10-11,14H,3-6,9H2,1-2H3,(H,18,20). The third-order valence-corrected chi connectivity index (χ3v) is 4.38. The maximum atomic E-state index is 12.9. The van der Waals surface area contributed by atoms with Gasteiger partial charge in [-0.15, -0.1) is 0 Å². The van der Waals surface area contributed by atoms with Gasteiger partial charge in [-0.1, -0.05) is 0 Å². The largest absolute Gasteiger partial charge is 0.497 e. The van der Waals surface area contributed by atoms with E-state index in [4.69, 9.17) is 9.47 Å². The first-order chi connectivity index (χ1) is 11.1.